The number of benzene rings is 2. The molecular weight excluding hydrogens is 470 g/mol. The highest BCUT2D eigenvalue weighted by Gasteiger charge is 2.32. The van der Waals surface area contributed by atoms with Crippen LogP contribution >= 0.6 is 0 Å². The maximum absolute atomic E-state index is 12.8. The lowest BCUT2D eigenvalue weighted by atomic mass is 9.94. The summed E-state index contributed by atoms with van der Waals surface area (Å²) in [6.07, 6.45) is 0.914. The lowest BCUT2D eigenvalue weighted by Gasteiger charge is -2.33. The summed E-state index contributed by atoms with van der Waals surface area (Å²) in [5.41, 5.74) is 1.73. The molecule has 1 aliphatic rings. The van der Waals surface area contributed by atoms with Gasteiger partial charge in [-0.15, -0.1) is 0 Å². The Labute approximate surface area is 205 Å². The van der Waals surface area contributed by atoms with Gasteiger partial charge < -0.3 is 15.3 Å². The van der Waals surface area contributed by atoms with Crippen molar-refractivity contribution in [3.63, 3.8) is 0 Å². The Morgan fingerprint density at radius 3 is 2.20 bits per heavy atom. The van der Waals surface area contributed by atoms with E-state index in [-0.39, 0.29) is 36.2 Å². The van der Waals surface area contributed by atoms with Crippen LogP contribution in [0.15, 0.2) is 59.5 Å². The minimum absolute atomic E-state index is 0.0848. The van der Waals surface area contributed by atoms with Crippen LogP contribution in [-0.2, 0) is 30.8 Å². The summed E-state index contributed by atoms with van der Waals surface area (Å²) < 4.78 is 27.6. The number of carboxylic acid groups (broad SMARTS) is 1. The van der Waals surface area contributed by atoms with E-state index in [1.54, 1.807) is 24.3 Å². The molecule has 1 fully saturated rings. The highest BCUT2D eigenvalue weighted by Crippen LogP contribution is 2.19. The van der Waals surface area contributed by atoms with E-state index in [1.807, 2.05) is 25.1 Å². The van der Waals surface area contributed by atoms with Crippen LogP contribution < -0.4 is 10.0 Å². The van der Waals surface area contributed by atoms with Crippen molar-refractivity contribution < 1.29 is 27.9 Å². The van der Waals surface area contributed by atoms with E-state index in [2.05, 4.69) is 10.0 Å². The standard InChI is InChI=1S/C25H31N3O6S/c1-17-8-10-21(11-9-17)35(33,34)27-18(2)24(30)28-14-12-20(13-15-28)23(29)26-22(25(31)32)16-19-6-4-3-5-7-19/h3-11,18,20,22,27H,12-16H2,1-2H3,(H,26,29)(H,31,32)/t18-,22-/m1/s1. The number of aryl methyl sites for hydroxylation is 1. The molecule has 0 radical (unpaired) electrons. The number of piperidine rings is 1. The van der Waals surface area contributed by atoms with E-state index in [4.69, 9.17) is 0 Å². The van der Waals surface area contributed by atoms with Gasteiger partial charge in [0.2, 0.25) is 21.8 Å². The van der Waals surface area contributed by atoms with Gasteiger partial charge in [-0.3, -0.25) is 9.59 Å². The van der Waals surface area contributed by atoms with Gasteiger partial charge in [0.15, 0.2) is 0 Å². The number of hydrogen-bond donors (Lipinski definition) is 3. The zero-order valence-corrected chi connectivity index (χ0v) is 20.6. The molecule has 1 saturated heterocycles. The van der Waals surface area contributed by atoms with Gasteiger partial charge in [-0.05, 0) is 44.4 Å². The van der Waals surface area contributed by atoms with Gasteiger partial charge in [0, 0.05) is 25.4 Å². The van der Waals surface area contributed by atoms with Gasteiger partial charge in [0.05, 0.1) is 10.9 Å². The summed E-state index contributed by atoms with van der Waals surface area (Å²) in [6.45, 7) is 3.91. The predicted molar refractivity (Wildman–Crippen MR) is 130 cm³/mol. The van der Waals surface area contributed by atoms with Crippen molar-refractivity contribution in [2.45, 2.75) is 50.1 Å². The normalized spacial score (nSPS) is 16.3. The third-order valence-corrected chi connectivity index (χ3v) is 7.66. The Bertz CT molecular complexity index is 1140. The number of sulfonamides is 1. The first-order chi connectivity index (χ1) is 16.6. The second kappa shape index (κ2) is 11.5. The minimum atomic E-state index is -3.85. The quantitative estimate of drug-likeness (QED) is 0.479. The van der Waals surface area contributed by atoms with Crippen LogP contribution in [-0.4, -0.2) is 61.4 Å². The molecule has 35 heavy (non-hydrogen) atoms. The topological polar surface area (TPSA) is 133 Å². The SMILES string of the molecule is Cc1ccc(S(=O)(=O)N[C@H](C)C(=O)N2CCC(C(=O)N[C@H](Cc3ccccc3)C(=O)O)CC2)cc1. The molecule has 188 valence electrons. The number of nitrogens with zero attached hydrogens (tertiary/aromatic N) is 1. The molecule has 0 saturated carbocycles. The molecule has 9 nitrogen and oxygen atoms in total. The summed E-state index contributed by atoms with van der Waals surface area (Å²) in [7, 11) is -3.85. The summed E-state index contributed by atoms with van der Waals surface area (Å²) in [6, 6.07) is 13.4. The molecule has 0 aliphatic carbocycles. The fourth-order valence-electron chi connectivity index (χ4n) is 4.04. The third kappa shape index (κ3) is 7.12. The number of carbonyl (C=O) groups is 3. The van der Waals surface area contributed by atoms with Crippen molar-refractivity contribution in [1.82, 2.24) is 14.9 Å². The first-order valence-corrected chi connectivity index (χ1v) is 13.0. The monoisotopic (exact) mass is 501 g/mol. The Balaban J connectivity index is 1.52. The van der Waals surface area contributed by atoms with E-state index in [0.29, 0.717) is 12.8 Å². The van der Waals surface area contributed by atoms with Crippen molar-refractivity contribution in [2.75, 3.05) is 13.1 Å². The first kappa shape index (κ1) is 26.4. The van der Waals surface area contributed by atoms with Crippen LogP contribution in [0.5, 0.6) is 0 Å². The van der Waals surface area contributed by atoms with Gasteiger partial charge in [0.25, 0.3) is 0 Å². The second-order valence-corrected chi connectivity index (χ2v) is 10.6. The van der Waals surface area contributed by atoms with Crippen molar-refractivity contribution in [2.24, 2.45) is 5.92 Å². The molecule has 2 amide bonds. The largest absolute Gasteiger partial charge is 0.480 e. The number of hydrogen-bond acceptors (Lipinski definition) is 5. The van der Waals surface area contributed by atoms with Gasteiger partial charge in [-0.25, -0.2) is 13.2 Å². The number of likely N-dealkylation sites (tertiary alicyclic amines) is 1. The highest BCUT2D eigenvalue weighted by atomic mass is 32.2. The van der Waals surface area contributed by atoms with Crippen molar-refractivity contribution in [3.05, 3.63) is 65.7 Å². The summed E-state index contributed by atoms with van der Waals surface area (Å²) in [4.78, 5) is 38.8. The Hall–Kier alpha value is -3.24. The van der Waals surface area contributed by atoms with Crippen molar-refractivity contribution in [1.29, 1.82) is 0 Å². The number of carboxylic acids is 1. The molecule has 1 aliphatic heterocycles. The van der Waals surface area contributed by atoms with Gasteiger partial charge >= 0.3 is 5.97 Å². The lowest BCUT2D eigenvalue weighted by Crippen LogP contribution is -2.51. The molecular formula is C25H31N3O6S. The molecule has 3 rings (SSSR count). The number of carbonyl (C=O) groups excluding carboxylic acids is 2. The lowest BCUT2D eigenvalue weighted by molar-refractivity contribution is -0.143. The summed E-state index contributed by atoms with van der Waals surface area (Å²) in [5.74, 6) is -2.25. The van der Waals surface area contributed by atoms with Crippen molar-refractivity contribution >= 4 is 27.8 Å². The molecule has 0 spiro atoms. The predicted octanol–water partition coefficient (Wildman–Crippen LogP) is 1.71. The van der Waals surface area contributed by atoms with Crippen LogP contribution in [0, 0.1) is 12.8 Å². The van der Waals surface area contributed by atoms with Gasteiger partial charge in [-0.1, -0.05) is 48.0 Å². The van der Waals surface area contributed by atoms with Crippen LogP contribution in [0.2, 0.25) is 0 Å². The zero-order valence-electron chi connectivity index (χ0n) is 19.8. The molecule has 2 aromatic rings. The number of rotatable bonds is 9. The van der Waals surface area contributed by atoms with Crippen LogP contribution in [0.25, 0.3) is 0 Å². The van der Waals surface area contributed by atoms with E-state index in [9.17, 15) is 27.9 Å². The fraction of sp³-hybridized carbons (Fsp3) is 0.400. The summed E-state index contributed by atoms with van der Waals surface area (Å²) in [5, 5.41) is 12.1. The highest BCUT2D eigenvalue weighted by molar-refractivity contribution is 7.89. The van der Waals surface area contributed by atoms with Gasteiger partial charge in [0.1, 0.15) is 6.04 Å². The Kier molecular flexibility index (Phi) is 8.63. The second-order valence-electron chi connectivity index (χ2n) is 8.84. The molecule has 0 aromatic heterocycles. The number of amides is 2. The average Bonchev–Trinajstić information content (AvgIpc) is 2.83. The maximum atomic E-state index is 12.8. The zero-order chi connectivity index (χ0) is 25.6. The van der Waals surface area contributed by atoms with E-state index in [0.717, 1.165) is 11.1 Å². The van der Waals surface area contributed by atoms with Crippen LogP contribution in [0.3, 0.4) is 0 Å². The van der Waals surface area contributed by atoms with E-state index in [1.165, 1.54) is 24.0 Å². The molecule has 3 N–H and O–H groups in total. The molecule has 0 bridgehead atoms. The van der Waals surface area contributed by atoms with Crippen LogP contribution in [0.1, 0.15) is 30.9 Å². The molecule has 10 heteroatoms. The molecule has 2 aromatic carbocycles. The van der Waals surface area contributed by atoms with E-state index < -0.39 is 34.0 Å². The fourth-order valence-corrected chi connectivity index (χ4v) is 5.24. The third-order valence-electron chi connectivity index (χ3n) is 6.11. The molecule has 1 heterocycles. The average molecular weight is 502 g/mol. The Morgan fingerprint density at radius 2 is 1.63 bits per heavy atom. The smallest absolute Gasteiger partial charge is 0.326 e. The number of nitrogens with one attached hydrogen (secondary N) is 2. The van der Waals surface area contributed by atoms with Gasteiger partial charge in [-0.2, -0.15) is 4.72 Å². The Morgan fingerprint density at radius 1 is 1.03 bits per heavy atom. The van der Waals surface area contributed by atoms with E-state index >= 15 is 0 Å². The molecule has 0 unspecified atom stereocenters. The van der Waals surface area contributed by atoms with Crippen molar-refractivity contribution in [3.8, 4) is 0 Å². The first-order valence-electron chi connectivity index (χ1n) is 11.5. The minimum Gasteiger partial charge on any atom is -0.480 e. The van der Waals surface area contributed by atoms with Crippen LogP contribution in [0.4, 0.5) is 0 Å². The molecule has 2 atom stereocenters. The number of aliphatic carboxylic acids is 1. The maximum Gasteiger partial charge on any atom is 0.326 e. The summed E-state index contributed by atoms with van der Waals surface area (Å²) >= 11 is 0.